The van der Waals surface area contributed by atoms with Crippen molar-refractivity contribution in [3.05, 3.63) is 41.5 Å². The summed E-state index contributed by atoms with van der Waals surface area (Å²) in [4.78, 5) is 2.54. The second-order valence-electron chi connectivity index (χ2n) is 5.51. The van der Waals surface area contributed by atoms with Crippen LogP contribution in [0.1, 0.15) is 32.3 Å². The number of hydrogen-bond acceptors (Lipinski definition) is 2. The van der Waals surface area contributed by atoms with Crippen LogP contribution in [0.5, 0.6) is 0 Å². The van der Waals surface area contributed by atoms with Crippen molar-refractivity contribution in [1.29, 1.82) is 0 Å². The predicted molar refractivity (Wildman–Crippen MR) is 83.2 cm³/mol. The summed E-state index contributed by atoms with van der Waals surface area (Å²) in [7, 11) is 0. The van der Waals surface area contributed by atoms with Crippen LogP contribution in [0.25, 0.3) is 6.08 Å². The van der Waals surface area contributed by atoms with Gasteiger partial charge in [-0.05, 0) is 38.4 Å². The van der Waals surface area contributed by atoms with Gasteiger partial charge in [0.1, 0.15) is 0 Å². The highest BCUT2D eigenvalue weighted by atomic mass is 15.2. The van der Waals surface area contributed by atoms with Gasteiger partial charge in [-0.15, -0.1) is 0 Å². The van der Waals surface area contributed by atoms with Gasteiger partial charge in [0, 0.05) is 19.1 Å². The fraction of sp³-hybridized carbons (Fsp3) is 0.529. The fourth-order valence-electron chi connectivity index (χ4n) is 2.70. The first kappa shape index (κ1) is 14.3. The summed E-state index contributed by atoms with van der Waals surface area (Å²) in [5, 5.41) is 3.70. The maximum absolute atomic E-state index is 3.70. The summed E-state index contributed by atoms with van der Waals surface area (Å²) >= 11 is 0. The van der Waals surface area contributed by atoms with Crippen LogP contribution in [0, 0.1) is 0 Å². The molecule has 2 heteroatoms. The molecule has 1 aliphatic heterocycles. The molecule has 1 unspecified atom stereocenters. The molecule has 1 heterocycles. The number of nitrogens with zero attached hydrogens (tertiary/aromatic N) is 1. The summed E-state index contributed by atoms with van der Waals surface area (Å²) in [5.74, 6) is 0. The first-order chi connectivity index (χ1) is 9.28. The average molecular weight is 258 g/mol. The van der Waals surface area contributed by atoms with Crippen LogP contribution >= 0.6 is 0 Å². The van der Waals surface area contributed by atoms with E-state index in [1.807, 2.05) is 0 Å². The molecule has 1 aromatic carbocycles. The Morgan fingerprint density at radius 1 is 1.37 bits per heavy atom. The molecule has 2 nitrogen and oxygen atoms in total. The van der Waals surface area contributed by atoms with Crippen molar-refractivity contribution in [1.82, 2.24) is 10.2 Å². The van der Waals surface area contributed by atoms with Crippen LogP contribution in [0.3, 0.4) is 0 Å². The second kappa shape index (κ2) is 7.46. The number of likely N-dealkylation sites (tertiary alicyclic amines) is 1. The number of benzene rings is 1. The van der Waals surface area contributed by atoms with E-state index in [0.717, 1.165) is 6.54 Å². The van der Waals surface area contributed by atoms with Gasteiger partial charge < -0.3 is 10.2 Å². The minimum Gasteiger partial charge on any atom is -0.309 e. The Bertz CT molecular complexity index is 397. The predicted octanol–water partition coefficient (Wildman–Crippen LogP) is 3.16. The molecule has 0 radical (unpaired) electrons. The molecular weight excluding hydrogens is 232 g/mol. The molecule has 1 aliphatic rings. The Morgan fingerprint density at radius 2 is 2.16 bits per heavy atom. The summed E-state index contributed by atoms with van der Waals surface area (Å²) in [6.45, 7) is 9.11. The molecule has 1 N–H and O–H groups in total. The van der Waals surface area contributed by atoms with E-state index in [0.29, 0.717) is 6.04 Å². The molecule has 1 atom stereocenters. The van der Waals surface area contributed by atoms with Gasteiger partial charge in [-0.2, -0.15) is 0 Å². The lowest BCUT2D eigenvalue weighted by atomic mass is 10.1. The number of nitrogens with one attached hydrogen (secondary N) is 1. The second-order valence-corrected chi connectivity index (χ2v) is 5.51. The van der Waals surface area contributed by atoms with E-state index in [1.165, 1.54) is 43.6 Å². The SMILES string of the molecule is CCN1CCCC(NC/C(C)=C/c2ccccc2)C1. The third-order valence-corrected chi connectivity index (χ3v) is 3.83. The normalized spacial score (nSPS) is 21.6. The van der Waals surface area contributed by atoms with Crippen molar-refractivity contribution < 1.29 is 0 Å². The zero-order valence-corrected chi connectivity index (χ0v) is 12.2. The minimum absolute atomic E-state index is 0.660. The van der Waals surface area contributed by atoms with Crippen LogP contribution < -0.4 is 5.32 Å². The van der Waals surface area contributed by atoms with Gasteiger partial charge in [0.15, 0.2) is 0 Å². The van der Waals surface area contributed by atoms with Crippen LogP contribution in [0.4, 0.5) is 0 Å². The van der Waals surface area contributed by atoms with Crippen molar-refractivity contribution in [2.24, 2.45) is 0 Å². The highest BCUT2D eigenvalue weighted by Crippen LogP contribution is 2.10. The van der Waals surface area contributed by atoms with E-state index >= 15 is 0 Å². The zero-order valence-electron chi connectivity index (χ0n) is 12.2. The summed E-state index contributed by atoms with van der Waals surface area (Å²) in [5.41, 5.74) is 2.69. The van der Waals surface area contributed by atoms with Gasteiger partial charge in [-0.1, -0.05) is 48.9 Å². The minimum atomic E-state index is 0.660. The Morgan fingerprint density at radius 3 is 2.89 bits per heavy atom. The van der Waals surface area contributed by atoms with Crippen LogP contribution in [-0.4, -0.2) is 37.1 Å². The molecule has 0 amide bonds. The molecule has 19 heavy (non-hydrogen) atoms. The Hall–Kier alpha value is -1.12. The Labute approximate surface area is 117 Å². The average Bonchev–Trinajstić information content (AvgIpc) is 2.46. The van der Waals surface area contributed by atoms with Crippen molar-refractivity contribution in [3.8, 4) is 0 Å². The molecule has 1 saturated heterocycles. The highest BCUT2D eigenvalue weighted by Gasteiger charge is 2.17. The highest BCUT2D eigenvalue weighted by molar-refractivity contribution is 5.52. The number of hydrogen-bond donors (Lipinski definition) is 1. The van der Waals surface area contributed by atoms with E-state index < -0.39 is 0 Å². The van der Waals surface area contributed by atoms with Crippen molar-refractivity contribution in [2.45, 2.75) is 32.7 Å². The van der Waals surface area contributed by atoms with Gasteiger partial charge >= 0.3 is 0 Å². The molecule has 0 aliphatic carbocycles. The number of likely N-dealkylation sites (N-methyl/N-ethyl adjacent to an activating group) is 1. The van der Waals surface area contributed by atoms with E-state index in [4.69, 9.17) is 0 Å². The molecular formula is C17H26N2. The molecule has 1 aromatic rings. The van der Waals surface area contributed by atoms with Crippen LogP contribution in [0.15, 0.2) is 35.9 Å². The maximum atomic E-state index is 3.70. The van der Waals surface area contributed by atoms with Crippen molar-refractivity contribution in [2.75, 3.05) is 26.2 Å². The molecule has 0 aromatic heterocycles. The monoisotopic (exact) mass is 258 g/mol. The Kier molecular flexibility index (Phi) is 5.62. The molecule has 0 bridgehead atoms. The topological polar surface area (TPSA) is 15.3 Å². The molecule has 104 valence electrons. The van der Waals surface area contributed by atoms with E-state index in [1.54, 1.807) is 0 Å². The van der Waals surface area contributed by atoms with Crippen molar-refractivity contribution >= 4 is 6.08 Å². The lowest BCUT2D eigenvalue weighted by Crippen LogP contribution is -2.45. The number of rotatable bonds is 5. The smallest absolute Gasteiger partial charge is 0.0198 e. The summed E-state index contributed by atoms with van der Waals surface area (Å²) < 4.78 is 0. The lowest BCUT2D eigenvalue weighted by Gasteiger charge is -2.32. The summed E-state index contributed by atoms with van der Waals surface area (Å²) in [6.07, 6.45) is 4.91. The van der Waals surface area contributed by atoms with Crippen LogP contribution in [0.2, 0.25) is 0 Å². The summed E-state index contributed by atoms with van der Waals surface area (Å²) in [6, 6.07) is 11.2. The quantitative estimate of drug-likeness (QED) is 0.872. The van der Waals surface area contributed by atoms with E-state index in [2.05, 4.69) is 60.5 Å². The van der Waals surface area contributed by atoms with E-state index in [-0.39, 0.29) is 0 Å². The van der Waals surface area contributed by atoms with Gasteiger partial charge in [-0.25, -0.2) is 0 Å². The molecule has 0 spiro atoms. The first-order valence-corrected chi connectivity index (χ1v) is 7.46. The van der Waals surface area contributed by atoms with Gasteiger partial charge in [0.25, 0.3) is 0 Å². The standard InChI is InChI=1S/C17H26N2/c1-3-19-11-7-10-17(14-19)18-13-15(2)12-16-8-5-4-6-9-16/h4-6,8-9,12,17-18H,3,7,10-11,13-14H2,1-2H3/b15-12+. The first-order valence-electron chi connectivity index (χ1n) is 7.46. The van der Waals surface area contributed by atoms with Gasteiger partial charge in [0.05, 0.1) is 0 Å². The van der Waals surface area contributed by atoms with Gasteiger partial charge in [0.2, 0.25) is 0 Å². The fourth-order valence-corrected chi connectivity index (χ4v) is 2.70. The maximum Gasteiger partial charge on any atom is 0.0198 e. The molecule has 1 fully saturated rings. The zero-order chi connectivity index (χ0) is 13.5. The van der Waals surface area contributed by atoms with Crippen molar-refractivity contribution in [3.63, 3.8) is 0 Å². The third-order valence-electron chi connectivity index (χ3n) is 3.83. The third kappa shape index (κ3) is 4.81. The molecule has 0 saturated carbocycles. The van der Waals surface area contributed by atoms with Crippen LogP contribution in [-0.2, 0) is 0 Å². The Balaban J connectivity index is 1.80. The van der Waals surface area contributed by atoms with Gasteiger partial charge in [-0.3, -0.25) is 0 Å². The largest absolute Gasteiger partial charge is 0.309 e. The number of piperidine rings is 1. The lowest BCUT2D eigenvalue weighted by molar-refractivity contribution is 0.201. The van der Waals surface area contributed by atoms with E-state index in [9.17, 15) is 0 Å². The molecule has 2 rings (SSSR count).